The SMILES string of the molecule is CCN(CCOc1ccccc1Cl)CC(C)(C)O. The molecule has 3 nitrogen and oxygen atoms in total. The van der Waals surface area contributed by atoms with Crippen LogP contribution < -0.4 is 4.74 Å². The quantitative estimate of drug-likeness (QED) is 0.828. The molecule has 18 heavy (non-hydrogen) atoms. The standard InChI is InChI=1S/C14H22ClNO2/c1-4-16(11-14(2,3)17)9-10-18-13-8-6-5-7-12(13)15/h5-8,17H,4,9-11H2,1-3H3. The Bertz CT molecular complexity index is 363. The van der Waals surface area contributed by atoms with Crippen LogP contribution >= 0.6 is 11.6 Å². The number of rotatable bonds is 7. The number of hydrogen-bond donors (Lipinski definition) is 1. The lowest BCUT2D eigenvalue weighted by atomic mass is 10.1. The van der Waals surface area contributed by atoms with Crippen molar-refractivity contribution >= 4 is 11.6 Å². The van der Waals surface area contributed by atoms with Crippen LogP contribution in [0, 0.1) is 0 Å². The molecule has 102 valence electrons. The van der Waals surface area contributed by atoms with E-state index in [0.717, 1.165) is 13.1 Å². The Hall–Kier alpha value is -0.770. The highest BCUT2D eigenvalue weighted by Gasteiger charge is 2.16. The molecule has 1 aromatic rings. The molecule has 0 amide bonds. The monoisotopic (exact) mass is 271 g/mol. The predicted molar refractivity (Wildman–Crippen MR) is 75.4 cm³/mol. The summed E-state index contributed by atoms with van der Waals surface area (Å²) in [4.78, 5) is 2.15. The van der Waals surface area contributed by atoms with Crippen molar-refractivity contribution in [3.63, 3.8) is 0 Å². The molecule has 0 aliphatic carbocycles. The number of aliphatic hydroxyl groups is 1. The summed E-state index contributed by atoms with van der Waals surface area (Å²) in [6.07, 6.45) is 0. The van der Waals surface area contributed by atoms with E-state index >= 15 is 0 Å². The van der Waals surface area contributed by atoms with Crippen LogP contribution in [-0.4, -0.2) is 41.8 Å². The molecule has 4 heteroatoms. The van der Waals surface area contributed by atoms with Crippen LogP contribution in [0.25, 0.3) is 0 Å². The predicted octanol–water partition coefficient (Wildman–Crippen LogP) is 2.81. The van der Waals surface area contributed by atoms with Gasteiger partial charge in [-0.1, -0.05) is 30.7 Å². The van der Waals surface area contributed by atoms with Gasteiger partial charge in [-0.2, -0.15) is 0 Å². The zero-order valence-electron chi connectivity index (χ0n) is 11.3. The van der Waals surface area contributed by atoms with Crippen molar-refractivity contribution < 1.29 is 9.84 Å². The van der Waals surface area contributed by atoms with Crippen molar-refractivity contribution in [3.05, 3.63) is 29.3 Å². The second-order valence-corrected chi connectivity index (χ2v) is 5.37. The molecule has 0 aliphatic heterocycles. The number of likely N-dealkylation sites (N-methyl/N-ethyl adjacent to an activating group) is 1. The lowest BCUT2D eigenvalue weighted by Gasteiger charge is -2.27. The van der Waals surface area contributed by atoms with Gasteiger partial charge in [-0.15, -0.1) is 0 Å². The molecule has 0 aromatic heterocycles. The number of hydrogen-bond acceptors (Lipinski definition) is 3. The Kier molecular flexibility index (Phi) is 5.93. The number of halogens is 1. The summed E-state index contributed by atoms with van der Waals surface area (Å²) in [5.74, 6) is 0.707. The Morgan fingerprint density at radius 2 is 2.00 bits per heavy atom. The van der Waals surface area contributed by atoms with Gasteiger partial charge >= 0.3 is 0 Å². The van der Waals surface area contributed by atoms with E-state index in [1.807, 2.05) is 38.1 Å². The van der Waals surface area contributed by atoms with E-state index < -0.39 is 5.60 Å². The van der Waals surface area contributed by atoms with Gasteiger partial charge in [-0.3, -0.25) is 4.90 Å². The molecule has 0 spiro atoms. The molecule has 0 saturated carbocycles. The Balaban J connectivity index is 2.38. The normalized spacial score (nSPS) is 11.9. The largest absolute Gasteiger partial charge is 0.491 e. The fourth-order valence-corrected chi connectivity index (χ4v) is 1.93. The second-order valence-electron chi connectivity index (χ2n) is 4.96. The van der Waals surface area contributed by atoms with Crippen LogP contribution in [-0.2, 0) is 0 Å². The molecule has 0 atom stereocenters. The van der Waals surface area contributed by atoms with Gasteiger partial charge < -0.3 is 9.84 Å². The Labute approximate surface area is 114 Å². The number of ether oxygens (including phenoxy) is 1. The summed E-state index contributed by atoms with van der Waals surface area (Å²) in [6.45, 7) is 8.54. The topological polar surface area (TPSA) is 32.7 Å². The van der Waals surface area contributed by atoms with Gasteiger partial charge in [-0.25, -0.2) is 0 Å². The van der Waals surface area contributed by atoms with Gasteiger partial charge in [0, 0.05) is 13.1 Å². The average molecular weight is 272 g/mol. The Morgan fingerprint density at radius 1 is 1.33 bits per heavy atom. The highest BCUT2D eigenvalue weighted by molar-refractivity contribution is 6.32. The van der Waals surface area contributed by atoms with Crippen LogP contribution in [0.3, 0.4) is 0 Å². The summed E-state index contributed by atoms with van der Waals surface area (Å²) < 4.78 is 5.63. The molecule has 0 saturated heterocycles. The maximum Gasteiger partial charge on any atom is 0.137 e. The third kappa shape index (κ3) is 5.71. The van der Waals surface area contributed by atoms with E-state index in [1.54, 1.807) is 0 Å². The van der Waals surface area contributed by atoms with E-state index in [0.29, 0.717) is 23.9 Å². The number of benzene rings is 1. The van der Waals surface area contributed by atoms with E-state index in [9.17, 15) is 5.11 Å². The molecule has 0 heterocycles. The second kappa shape index (κ2) is 6.98. The van der Waals surface area contributed by atoms with Crippen molar-refractivity contribution in [2.24, 2.45) is 0 Å². The zero-order chi connectivity index (χ0) is 13.6. The maximum absolute atomic E-state index is 9.78. The van der Waals surface area contributed by atoms with E-state index in [-0.39, 0.29) is 0 Å². The molecular weight excluding hydrogens is 250 g/mol. The smallest absolute Gasteiger partial charge is 0.137 e. The first kappa shape index (κ1) is 15.3. The molecule has 0 radical (unpaired) electrons. The van der Waals surface area contributed by atoms with Crippen molar-refractivity contribution in [1.29, 1.82) is 0 Å². The number of para-hydroxylation sites is 1. The van der Waals surface area contributed by atoms with Crippen LogP contribution in [0.2, 0.25) is 5.02 Å². The lowest BCUT2D eigenvalue weighted by molar-refractivity contribution is 0.0340. The molecule has 0 aliphatic rings. The molecule has 0 fully saturated rings. The van der Waals surface area contributed by atoms with Gasteiger partial charge in [0.05, 0.1) is 10.6 Å². The van der Waals surface area contributed by atoms with Gasteiger partial charge in [0.1, 0.15) is 12.4 Å². The third-order valence-corrected chi connectivity index (χ3v) is 2.87. The van der Waals surface area contributed by atoms with E-state index in [1.165, 1.54) is 0 Å². The van der Waals surface area contributed by atoms with Crippen LogP contribution in [0.15, 0.2) is 24.3 Å². The maximum atomic E-state index is 9.78. The van der Waals surface area contributed by atoms with Crippen LogP contribution in [0.5, 0.6) is 5.75 Å². The first-order valence-corrected chi connectivity index (χ1v) is 6.62. The van der Waals surface area contributed by atoms with Crippen molar-refractivity contribution in [2.45, 2.75) is 26.4 Å². The van der Waals surface area contributed by atoms with Crippen molar-refractivity contribution in [2.75, 3.05) is 26.2 Å². The van der Waals surface area contributed by atoms with Crippen molar-refractivity contribution in [1.82, 2.24) is 4.90 Å². The van der Waals surface area contributed by atoms with Gasteiger partial charge in [0.2, 0.25) is 0 Å². The average Bonchev–Trinajstić information content (AvgIpc) is 2.28. The summed E-state index contributed by atoms with van der Waals surface area (Å²) in [6, 6.07) is 7.44. The lowest BCUT2D eigenvalue weighted by Crippen LogP contribution is -2.40. The van der Waals surface area contributed by atoms with Gasteiger partial charge in [-0.05, 0) is 32.5 Å². The minimum absolute atomic E-state index is 0.563. The summed E-state index contributed by atoms with van der Waals surface area (Å²) in [5.41, 5.74) is -0.680. The molecule has 0 unspecified atom stereocenters. The summed E-state index contributed by atoms with van der Waals surface area (Å²) in [7, 11) is 0. The minimum atomic E-state index is -0.680. The van der Waals surface area contributed by atoms with Gasteiger partial charge in [0.25, 0.3) is 0 Å². The van der Waals surface area contributed by atoms with Crippen LogP contribution in [0.1, 0.15) is 20.8 Å². The minimum Gasteiger partial charge on any atom is -0.491 e. The molecular formula is C14H22ClNO2. The van der Waals surface area contributed by atoms with Crippen molar-refractivity contribution in [3.8, 4) is 5.75 Å². The third-order valence-electron chi connectivity index (χ3n) is 2.56. The molecule has 1 rings (SSSR count). The first-order valence-electron chi connectivity index (χ1n) is 6.24. The fourth-order valence-electron chi connectivity index (χ4n) is 1.74. The molecule has 0 bridgehead atoms. The highest BCUT2D eigenvalue weighted by Crippen LogP contribution is 2.22. The first-order chi connectivity index (χ1) is 8.42. The Morgan fingerprint density at radius 3 is 2.56 bits per heavy atom. The zero-order valence-corrected chi connectivity index (χ0v) is 12.1. The highest BCUT2D eigenvalue weighted by atomic mass is 35.5. The summed E-state index contributed by atoms with van der Waals surface area (Å²) in [5, 5.41) is 10.4. The number of nitrogens with zero attached hydrogens (tertiary/aromatic N) is 1. The van der Waals surface area contributed by atoms with E-state index in [2.05, 4.69) is 11.8 Å². The van der Waals surface area contributed by atoms with Crippen LogP contribution in [0.4, 0.5) is 0 Å². The fraction of sp³-hybridized carbons (Fsp3) is 0.571. The summed E-state index contributed by atoms with van der Waals surface area (Å²) >= 11 is 6.00. The molecule has 1 aromatic carbocycles. The van der Waals surface area contributed by atoms with Gasteiger partial charge in [0.15, 0.2) is 0 Å². The van der Waals surface area contributed by atoms with E-state index in [4.69, 9.17) is 16.3 Å². The molecule has 1 N–H and O–H groups in total.